The highest BCUT2D eigenvalue weighted by Crippen LogP contribution is 2.27. The van der Waals surface area contributed by atoms with E-state index in [9.17, 15) is 0 Å². The van der Waals surface area contributed by atoms with E-state index in [2.05, 4.69) is 45.1 Å². The molecule has 0 spiro atoms. The minimum Gasteiger partial charge on any atom is -0.376 e. The molecule has 0 radical (unpaired) electrons. The Bertz CT molecular complexity index is 363. The fourth-order valence-electron chi connectivity index (χ4n) is 1.97. The summed E-state index contributed by atoms with van der Waals surface area (Å²) < 4.78 is 1.12. The van der Waals surface area contributed by atoms with Gasteiger partial charge in [-0.1, -0.05) is 28.1 Å². The fraction of sp³-hybridized carbons (Fsp3) is 0.364. The van der Waals surface area contributed by atoms with Crippen LogP contribution in [0.15, 0.2) is 28.7 Å². The van der Waals surface area contributed by atoms with Crippen LogP contribution in [0.5, 0.6) is 0 Å². The molecule has 0 bridgehead atoms. The van der Waals surface area contributed by atoms with E-state index in [1.807, 2.05) is 0 Å². The molecule has 2 nitrogen and oxygen atoms in total. The molecule has 1 heterocycles. The minimum absolute atomic E-state index is 0.523. The second kappa shape index (κ2) is 4.49. The third-order valence-electron chi connectivity index (χ3n) is 2.84. The Hall–Kier alpha value is -0.610. The molecule has 80 valence electrons. The van der Waals surface area contributed by atoms with Crippen molar-refractivity contribution in [1.82, 2.24) is 4.90 Å². The van der Waals surface area contributed by atoms with Gasteiger partial charge in [0.15, 0.2) is 5.11 Å². The zero-order chi connectivity index (χ0) is 10.8. The van der Waals surface area contributed by atoms with Crippen LogP contribution in [0.4, 0.5) is 0 Å². The van der Waals surface area contributed by atoms with Crippen LogP contribution >= 0.6 is 28.1 Å². The lowest BCUT2D eigenvalue weighted by atomic mass is 9.99. The molecule has 4 heteroatoms. The third-order valence-corrected chi connectivity index (χ3v) is 3.63. The number of nitrogens with two attached hydrogens (primary N) is 1. The second-order valence-corrected chi connectivity index (χ2v) is 5.16. The van der Waals surface area contributed by atoms with Crippen LogP contribution in [-0.4, -0.2) is 23.1 Å². The number of hydrogen-bond acceptors (Lipinski definition) is 1. The van der Waals surface area contributed by atoms with Crippen LogP contribution < -0.4 is 5.73 Å². The van der Waals surface area contributed by atoms with Gasteiger partial charge >= 0.3 is 0 Å². The first-order valence-electron chi connectivity index (χ1n) is 4.96. The van der Waals surface area contributed by atoms with E-state index in [1.165, 1.54) is 5.56 Å². The number of benzene rings is 1. The van der Waals surface area contributed by atoms with Gasteiger partial charge in [0.2, 0.25) is 0 Å². The lowest BCUT2D eigenvalue weighted by Gasteiger charge is -2.15. The van der Waals surface area contributed by atoms with Crippen molar-refractivity contribution in [1.29, 1.82) is 0 Å². The van der Waals surface area contributed by atoms with Gasteiger partial charge in [0.25, 0.3) is 0 Å². The predicted molar refractivity (Wildman–Crippen MR) is 69.9 cm³/mol. The molecule has 1 saturated heterocycles. The largest absolute Gasteiger partial charge is 0.376 e. The molecule has 1 fully saturated rings. The molecule has 1 aliphatic rings. The first-order valence-corrected chi connectivity index (χ1v) is 6.17. The quantitative estimate of drug-likeness (QED) is 0.804. The standard InChI is InChI=1S/C11H13BrN2S/c12-10-3-1-8(2-4-10)9-5-6-14(7-9)11(13)15/h1-4,9H,5-7H2,(H2,13,15). The zero-order valence-corrected chi connectivity index (χ0v) is 10.7. The molecule has 15 heavy (non-hydrogen) atoms. The Labute approximate surface area is 104 Å². The monoisotopic (exact) mass is 284 g/mol. The smallest absolute Gasteiger partial charge is 0.166 e. The van der Waals surface area contributed by atoms with Crippen LogP contribution in [0.2, 0.25) is 0 Å². The van der Waals surface area contributed by atoms with Gasteiger partial charge in [0.05, 0.1) is 0 Å². The molecule has 2 rings (SSSR count). The van der Waals surface area contributed by atoms with Crippen molar-refractivity contribution in [2.24, 2.45) is 5.73 Å². The van der Waals surface area contributed by atoms with E-state index in [0.717, 1.165) is 24.0 Å². The average molecular weight is 285 g/mol. The zero-order valence-electron chi connectivity index (χ0n) is 8.32. The van der Waals surface area contributed by atoms with Crippen molar-refractivity contribution in [3.8, 4) is 0 Å². The third kappa shape index (κ3) is 2.49. The molecule has 0 saturated carbocycles. The van der Waals surface area contributed by atoms with Gasteiger partial charge < -0.3 is 10.6 Å². The molecule has 2 N–H and O–H groups in total. The van der Waals surface area contributed by atoms with Crippen molar-refractivity contribution in [2.45, 2.75) is 12.3 Å². The highest BCUT2D eigenvalue weighted by atomic mass is 79.9. The molecule has 1 aromatic carbocycles. The maximum Gasteiger partial charge on any atom is 0.166 e. The van der Waals surface area contributed by atoms with Gasteiger partial charge in [-0.05, 0) is 36.3 Å². The topological polar surface area (TPSA) is 29.3 Å². The molecule has 0 aromatic heterocycles. The lowest BCUT2D eigenvalue weighted by molar-refractivity contribution is 0.514. The predicted octanol–water partition coefficient (Wildman–Crippen LogP) is 2.48. The Morgan fingerprint density at radius 2 is 2.07 bits per heavy atom. The van der Waals surface area contributed by atoms with Gasteiger partial charge in [-0.25, -0.2) is 0 Å². The van der Waals surface area contributed by atoms with Crippen molar-refractivity contribution in [2.75, 3.05) is 13.1 Å². The highest BCUT2D eigenvalue weighted by molar-refractivity contribution is 9.10. The summed E-state index contributed by atoms with van der Waals surface area (Å²) in [5, 5.41) is 0.523. The number of thiocarbonyl (C=S) groups is 1. The molecular formula is C11H13BrN2S. The summed E-state index contributed by atoms with van der Waals surface area (Å²) in [5.41, 5.74) is 6.98. The summed E-state index contributed by atoms with van der Waals surface area (Å²) in [7, 11) is 0. The maximum atomic E-state index is 5.61. The molecular weight excluding hydrogens is 272 g/mol. The Morgan fingerprint density at radius 3 is 2.60 bits per heavy atom. The number of likely N-dealkylation sites (tertiary alicyclic amines) is 1. The Kier molecular flexibility index (Phi) is 3.26. The van der Waals surface area contributed by atoms with Crippen molar-refractivity contribution in [3.05, 3.63) is 34.3 Å². The summed E-state index contributed by atoms with van der Waals surface area (Å²) in [5.74, 6) is 0.569. The van der Waals surface area contributed by atoms with Crippen molar-refractivity contribution in [3.63, 3.8) is 0 Å². The van der Waals surface area contributed by atoms with E-state index in [1.54, 1.807) is 0 Å². The van der Waals surface area contributed by atoms with Crippen LogP contribution in [0.1, 0.15) is 17.9 Å². The van der Waals surface area contributed by atoms with E-state index < -0.39 is 0 Å². The van der Waals surface area contributed by atoms with Gasteiger partial charge in [-0.15, -0.1) is 0 Å². The first kappa shape index (κ1) is 10.9. The summed E-state index contributed by atoms with van der Waals surface area (Å²) in [6.07, 6.45) is 1.14. The second-order valence-electron chi connectivity index (χ2n) is 3.82. The van der Waals surface area contributed by atoms with E-state index in [4.69, 9.17) is 18.0 Å². The first-order chi connectivity index (χ1) is 7.16. The SMILES string of the molecule is NC(=S)N1CCC(c2ccc(Br)cc2)C1. The van der Waals surface area contributed by atoms with E-state index in [0.29, 0.717) is 11.0 Å². The summed E-state index contributed by atoms with van der Waals surface area (Å²) >= 11 is 8.41. The van der Waals surface area contributed by atoms with Gasteiger partial charge in [-0.2, -0.15) is 0 Å². The molecule has 1 aliphatic heterocycles. The number of rotatable bonds is 1. The van der Waals surface area contributed by atoms with Crippen LogP contribution in [0.25, 0.3) is 0 Å². The lowest BCUT2D eigenvalue weighted by Crippen LogP contribution is -2.33. The van der Waals surface area contributed by atoms with Crippen LogP contribution in [0.3, 0.4) is 0 Å². The molecule has 0 aliphatic carbocycles. The van der Waals surface area contributed by atoms with Crippen LogP contribution in [0, 0.1) is 0 Å². The summed E-state index contributed by atoms with van der Waals surface area (Å²) in [4.78, 5) is 2.07. The van der Waals surface area contributed by atoms with E-state index in [-0.39, 0.29) is 0 Å². The van der Waals surface area contributed by atoms with Gasteiger partial charge in [-0.3, -0.25) is 0 Å². The van der Waals surface area contributed by atoms with E-state index >= 15 is 0 Å². The van der Waals surface area contributed by atoms with Gasteiger partial charge in [0, 0.05) is 23.5 Å². The number of halogens is 1. The fourth-order valence-corrected chi connectivity index (χ4v) is 2.40. The number of nitrogens with zero attached hydrogens (tertiary/aromatic N) is 1. The highest BCUT2D eigenvalue weighted by Gasteiger charge is 2.24. The molecule has 1 unspecified atom stereocenters. The number of hydrogen-bond donors (Lipinski definition) is 1. The molecule has 1 atom stereocenters. The van der Waals surface area contributed by atoms with Gasteiger partial charge in [0.1, 0.15) is 0 Å². The maximum absolute atomic E-state index is 5.61. The molecule has 1 aromatic rings. The van der Waals surface area contributed by atoms with Crippen molar-refractivity contribution < 1.29 is 0 Å². The van der Waals surface area contributed by atoms with Crippen LogP contribution in [-0.2, 0) is 0 Å². The summed E-state index contributed by atoms with van der Waals surface area (Å²) in [6, 6.07) is 8.49. The summed E-state index contributed by atoms with van der Waals surface area (Å²) in [6.45, 7) is 1.94. The van der Waals surface area contributed by atoms with Crippen molar-refractivity contribution >= 4 is 33.3 Å². The minimum atomic E-state index is 0.523. The Balaban J connectivity index is 2.07. The Morgan fingerprint density at radius 1 is 1.40 bits per heavy atom. The normalized spacial score (nSPS) is 20.6. The average Bonchev–Trinajstić information content (AvgIpc) is 2.68. The molecule has 0 amide bonds.